The number of halogens is 8. The highest BCUT2D eigenvalue weighted by Gasteiger charge is 2.72. The Morgan fingerprint density at radius 2 is 1.42 bits per heavy atom. The van der Waals surface area contributed by atoms with Crippen LogP contribution < -0.4 is 0 Å². The van der Waals surface area contributed by atoms with Crippen LogP contribution in [0.25, 0.3) is 0 Å². The molecule has 10 heteroatoms. The lowest BCUT2D eigenvalue weighted by Crippen LogP contribution is -2.53. The van der Waals surface area contributed by atoms with E-state index < -0.39 is 36.7 Å². The van der Waals surface area contributed by atoms with Crippen LogP contribution in [0.4, 0.5) is 30.7 Å². The van der Waals surface area contributed by atoms with Crippen molar-refractivity contribution in [2.24, 2.45) is 0 Å². The third-order valence-corrected chi connectivity index (χ3v) is 3.82. The Hall–Kier alpha value is 0.417. The van der Waals surface area contributed by atoms with Crippen LogP contribution in [-0.4, -0.2) is 36.9 Å². The number of rotatable bonds is 6. The Bertz CT molecular complexity index is 300. The molecule has 0 spiro atoms. The van der Waals surface area contributed by atoms with E-state index in [2.05, 4.69) is 0 Å². The predicted molar refractivity (Wildman–Crippen MR) is 67.7 cm³/mol. The number of hydrogen-bond donors (Lipinski definition) is 0. The third kappa shape index (κ3) is 5.74. The van der Waals surface area contributed by atoms with Crippen LogP contribution in [-0.2, 0) is 4.43 Å². The van der Waals surface area contributed by atoms with Gasteiger partial charge in [-0.2, -0.15) is 30.7 Å². The van der Waals surface area contributed by atoms with Crippen LogP contribution in [0.15, 0.2) is 0 Å². The predicted octanol–water partition coefficient (Wildman–Crippen LogP) is 4.86. The smallest absolute Gasteiger partial charge is 0.417 e. The maximum absolute atomic E-state index is 13.0. The molecule has 116 valence electrons. The molecular weight excluding hydrogens is 412 g/mol. The second-order valence-electron chi connectivity index (χ2n) is 5.00. The summed E-state index contributed by atoms with van der Waals surface area (Å²) in [6, 6.07) is 0. The van der Waals surface area contributed by atoms with Gasteiger partial charge in [0.2, 0.25) is 0 Å². The van der Waals surface area contributed by atoms with Gasteiger partial charge < -0.3 is 4.43 Å². The summed E-state index contributed by atoms with van der Waals surface area (Å²) >= 11 is 1.39. The Kier molecular flexibility index (Phi) is 6.17. The van der Waals surface area contributed by atoms with E-state index in [-0.39, 0.29) is 6.61 Å². The summed E-state index contributed by atoms with van der Waals surface area (Å²) in [6.07, 6.45) is -7.86. The van der Waals surface area contributed by atoms with E-state index in [1.807, 2.05) is 0 Å². The molecule has 0 fully saturated rings. The first-order chi connectivity index (χ1) is 8.10. The summed E-state index contributed by atoms with van der Waals surface area (Å²) in [4.78, 5) is 0. The van der Waals surface area contributed by atoms with E-state index in [1.54, 1.807) is 19.6 Å². The van der Waals surface area contributed by atoms with Gasteiger partial charge in [0, 0.05) is 17.0 Å². The van der Waals surface area contributed by atoms with Gasteiger partial charge in [-0.05, 0) is 19.6 Å². The van der Waals surface area contributed by atoms with Gasteiger partial charge in [-0.15, -0.1) is 0 Å². The van der Waals surface area contributed by atoms with Crippen molar-refractivity contribution in [2.45, 2.75) is 48.0 Å². The Labute approximate surface area is 121 Å². The average Bonchev–Trinajstić information content (AvgIpc) is 2.10. The van der Waals surface area contributed by atoms with E-state index >= 15 is 0 Å². The monoisotopic (exact) mass is 426 g/mol. The molecule has 0 aliphatic carbocycles. The zero-order chi connectivity index (χ0) is 15.7. The minimum atomic E-state index is -6.27. The van der Waals surface area contributed by atoms with Gasteiger partial charge in [0.15, 0.2) is 8.32 Å². The summed E-state index contributed by atoms with van der Waals surface area (Å²) in [6.45, 7) is 4.97. The molecule has 0 bridgehead atoms. The van der Waals surface area contributed by atoms with Crippen LogP contribution in [0.1, 0.15) is 6.42 Å². The van der Waals surface area contributed by atoms with Crippen molar-refractivity contribution in [1.29, 1.82) is 0 Å². The topological polar surface area (TPSA) is 9.23 Å². The second kappa shape index (κ2) is 6.04. The third-order valence-electron chi connectivity index (χ3n) is 1.99. The minimum absolute atomic E-state index is 0.278. The molecule has 0 radical (unpaired) electrons. The van der Waals surface area contributed by atoms with Gasteiger partial charge in [-0.25, -0.2) is 0 Å². The van der Waals surface area contributed by atoms with Crippen molar-refractivity contribution in [3.05, 3.63) is 0 Å². The van der Waals surface area contributed by atoms with Crippen LogP contribution in [0.5, 0.6) is 0 Å². The van der Waals surface area contributed by atoms with Crippen LogP contribution >= 0.6 is 22.6 Å². The SMILES string of the molecule is C[Si](C)(C)OCC(I)CC(F)(F)C(F)(F)C(F)(F)F. The fourth-order valence-corrected chi connectivity index (χ4v) is 2.79. The van der Waals surface area contributed by atoms with Crippen molar-refractivity contribution in [1.82, 2.24) is 0 Å². The zero-order valence-electron chi connectivity index (χ0n) is 10.4. The molecule has 0 N–H and O–H groups in total. The van der Waals surface area contributed by atoms with Gasteiger partial charge in [0.05, 0.1) is 0 Å². The van der Waals surface area contributed by atoms with Gasteiger partial charge >= 0.3 is 18.0 Å². The lowest BCUT2D eigenvalue weighted by molar-refractivity contribution is -0.355. The fourth-order valence-electron chi connectivity index (χ4n) is 1.01. The summed E-state index contributed by atoms with van der Waals surface area (Å²) in [5.41, 5.74) is 0. The van der Waals surface area contributed by atoms with Crippen molar-refractivity contribution in [3.63, 3.8) is 0 Å². The Morgan fingerprint density at radius 3 is 1.74 bits per heavy atom. The molecule has 1 atom stereocenters. The highest BCUT2D eigenvalue weighted by atomic mass is 127. The van der Waals surface area contributed by atoms with Crippen molar-refractivity contribution in [2.75, 3.05) is 6.61 Å². The molecule has 0 rings (SSSR count). The van der Waals surface area contributed by atoms with E-state index in [0.29, 0.717) is 0 Å². The molecule has 1 nitrogen and oxygen atoms in total. The summed E-state index contributed by atoms with van der Waals surface area (Å²) in [5, 5.41) is 0. The van der Waals surface area contributed by atoms with Crippen molar-refractivity contribution in [3.8, 4) is 0 Å². The molecule has 0 aromatic heterocycles. The molecule has 0 amide bonds. The van der Waals surface area contributed by atoms with Gasteiger partial charge in [0.1, 0.15) is 0 Å². The molecule has 0 aromatic rings. The van der Waals surface area contributed by atoms with E-state index in [1.165, 1.54) is 22.6 Å². The molecule has 1 unspecified atom stereocenters. The summed E-state index contributed by atoms with van der Waals surface area (Å²) < 4.78 is 91.1. The van der Waals surface area contributed by atoms with Crippen LogP contribution in [0, 0.1) is 0 Å². The highest BCUT2D eigenvalue weighted by molar-refractivity contribution is 14.1. The molecular formula is C9H14F7IOSi. The van der Waals surface area contributed by atoms with Gasteiger partial charge in [-0.3, -0.25) is 0 Å². The largest absolute Gasteiger partial charge is 0.459 e. The first-order valence-electron chi connectivity index (χ1n) is 5.20. The maximum atomic E-state index is 13.0. The highest BCUT2D eigenvalue weighted by Crippen LogP contribution is 2.49. The Morgan fingerprint density at radius 1 is 1.00 bits per heavy atom. The maximum Gasteiger partial charge on any atom is 0.459 e. The molecule has 0 saturated heterocycles. The lowest BCUT2D eigenvalue weighted by atomic mass is 10.1. The number of alkyl halides is 8. The molecule has 0 aliphatic rings. The van der Waals surface area contributed by atoms with Crippen LogP contribution in [0.3, 0.4) is 0 Å². The summed E-state index contributed by atoms with van der Waals surface area (Å²) in [7, 11) is -2.04. The minimum Gasteiger partial charge on any atom is -0.417 e. The van der Waals surface area contributed by atoms with E-state index in [4.69, 9.17) is 4.43 Å². The van der Waals surface area contributed by atoms with Crippen LogP contribution in [0.2, 0.25) is 19.6 Å². The molecule has 0 saturated carbocycles. The zero-order valence-corrected chi connectivity index (χ0v) is 13.6. The van der Waals surface area contributed by atoms with Crippen molar-refractivity contribution >= 4 is 30.9 Å². The normalized spacial score (nSPS) is 16.6. The standard InChI is InChI=1S/C9H14F7IOSi/c1-19(2,3)18-5-6(17)4-7(10,11)8(12,13)9(14,15)16/h6H,4-5H2,1-3H3. The fraction of sp³-hybridized carbons (Fsp3) is 1.00. The molecule has 0 aliphatic heterocycles. The molecule has 0 heterocycles. The van der Waals surface area contributed by atoms with Crippen molar-refractivity contribution < 1.29 is 35.2 Å². The van der Waals surface area contributed by atoms with E-state index in [0.717, 1.165) is 0 Å². The average molecular weight is 426 g/mol. The molecule has 0 aromatic carbocycles. The van der Waals surface area contributed by atoms with Gasteiger partial charge in [-0.1, -0.05) is 22.6 Å². The quantitative estimate of drug-likeness (QED) is 0.255. The summed E-state index contributed by atoms with van der Waals surface area (Å²) in [5.74, 6) is -11.2. The number of hydrogen-bond acceptors (Lipinski definition) is 1. The Balaban J connectivity index is 4.69. The first-order valence-corrected chi connectivity index (χ1v) is 9.86. The molecule has 19 heavy (non-hydrogen) atoms. The second-order valence-corrected chi connectivity index (χ2v) is 11.3. The lowest BCUT2D eigenvalue weighted by Gasteiger charge is -2.30. The first kappa shape index (κ1) is 19.4. The van der Waals surface area contributed by atoms with Gasteiger partial charge in [0.25, 0.3) is 0 Å². The van der Waals surface area contributed by atoms with E-state index in [9.17, 15) is 30.7 Å².